The fourth-order valence-corrected chi connectivity index (χ4v) is 7.01. The van der Waals surface area contributed by atoms with E-state index in [9.17, 15) is 29.2 Å². The molecular formula is C41H73O11P. The zero-order valence-corrected chi connectivity index (χ0v) is 33.8. The van der Waals surface area contributed by atoms with Gasteiger partial charge in [0.05, 0.1) is 18.8 Å². The van der Waals surface area contributed by atoms with E-state index >= 15 is 0 Å². The molecule has 0 radical (unpaired) electrons. The van der Waals surface area contributed by atoms with Gasteiger partial charge in [-0.3, -0.25) is 18.9 Å². The summed E-state index contributed by atoms with van der Waals surface area (Å²) in [5.41, 5.74) is 0. The second kappa shape index (κ2) is 31.3. The number of allylic oxidation sites excluding steroid dienone is 3. The number of hydrogen-bond donors (Lipinski definition) is 4. The van der Waals surface area contributed by atoms with Crippen molar-refractivity contribution in [1.29, 1.82) is 0 Å². The molecule has 0 aromatic carbocycles. The number of phosphoric ester groups is 1. The van der Waals surface area contributed by atoms with Crippen LogP contribution >= 0.6 is 7.82 Å². The molecule has 5 atom stereocenters. The fourth-order valence-electron chi connectivity index (χ4n) is 6.65. The lowest BCUT2D eigenvalue weighted by Gasteiger charge is -2.18. The van der Waals surface area contributed by atoms with Crippen molar-refractivity contribution in [2.45, 2.75) is 193 Å². The molecule has 0 unspecified atom stereocenters. The van der Waals surface area contributed by atoms with Gasteiger partial charge in [0.1, 0.15) is 12.4 Å². The van der Waals surface area contributed by atoms with E-state index in [0.29, 0.717) is 32.1 Å². The van der Waals surface area contributed by atoms with Crippen LogP contribution in [0.2, 0.25) is 0 Å². The number of esters is 2. The predicted octanol–water partition coefficient (Wildman–Crippen LogP) is 8.99. The number of hydrogen-bond acceptors (Lipinski definition) is 9. The number of unbranched alkanes of at least 4 members (excludes halogenated alkanes) is 17. The lowest BCUT2D eigenvalue weighted by molar-refractivity contribution is -0.161. The molecule has 0 amide bonds. The van der Waals surface area contributed by atoms with Crippen LogP contribution in [0.4, 0.5) is 0 Å². The van der Waals surface area contributed by atoms with Crippen LogP contribution in [-0.4, -0.2) is 69.2 Å². The lowest BCUT2D eigenvalue weighted by atomic mass is 9.90. The molecule has 1 rings (SSSR count). The molecule has 1 aliphatic carbocycles. The summed E-state index contributed by atoms with van der Waals surface area (Å²) < 4.78 is 26.3. The van der Waals surface area contributed by atoms with E-state index in [1.165, 1.54) is 70.6 Å². The summed E-state index contributed by atoms with van der Waals surface area (Å²) in [6.45, 7) is 3.36. The molecule has 308 valence electrons. The quantitative estimate of drug-likeness (QED) is 0.0212. The Kier molecular flexibility index (Phi) is 29.1. The Bertz CT molecular complexity index is 1070. The molecule has 0 aliphatic heterocycles. The van der Waals surface area contributed by atoms with Gasteiger partial charge in [-0.05, 0) is 32.1 Å². The molecule has 1 fully saturated rings. The van der Waals surface area contributed by atoms with Crippen LogP contribution in [0, 0.1) is 11.8 Å². The molecule has 1 aliphatic rings. The number of aliphatic hydroxyl groups excluding tert-OH is 2. The fraction of sp³-hybridized carbons (Fsp3) is 0.829. The molecule has 0 spiro atoms. The van der Waals surface area contributed by atoms with Gasteiger partial charge in [0.2, 0.25) is 0 Å². The van der Waals surface area contributed by atoms with Crippen LogP contribution in [0.5, 0.6) is 0 Å². The SMILES string of the molecule is CCCCCCCCCCCCCCCCCC(=O)O[C@H](COC(=O)CCC/C=C\C[C@H]1[C@@H](O)CC(=O)[C@@H]1/C=C/[C@@H](O)CCCCC)COP(=O)(O)O. The van der Waals surface area contributed by atoms with Crippen molar-refractivity contribution in [3.05, 3.63) is 24.3 Å². The first kappa shape index (κ1) is 49.1. The molecule has 0 bridgehead atoms. The summed E-state index contributed by atoms with van der Waals surface area (Å²) in [4.78, 5) is 55.4. The number of ketones is 1. The number of phosphoric acid groups is 1. The molecule has 0 heterocycles. The van der Waals surface area contributed by atoms with Crippen molar-refractivity contribution in [3.8, 4) is 0 Å². The monoisotopic (exact) mass is 772 g/mol. The largest absolute Gasteiger partial charge is 0.469 e. The van der Waals surface area contributed by atoms with Crippen molar-refractivity contribution in [2.24, 2.45) is 11.8 Å². The molecule has 53 heavy (non-hydrogen) atoms. The Morgan fingerprint density at radius 2 is 1.32 bits per heavy atom. The van der Waals surface area contributed by atoms with Gasteiger partial charge in [0.25, 0.3) is 0 Å². The third kappa shape index (κ3) is 27.4. The first-order valence-electron chi connectivity index (χ1n) is 20.7. The highest BCUT2D eigenvalue weighted by molar-refractivity contribution is 7.46. The number of carbonyl (C=O) groups is 3. The summed E-state index contributed by atoms with van der Waals surface area (Å²) in [6.07, 6.45) is 28.4. The molecule has 0 aromatic rings. The second-order valence-electron chi connectivity index (χ2n) is 14.8. The molecular weight excluding hydrogens is 699 g/mol. The average Bonchev–Trinajstić information content (AvgIpc) is 3.38. The van der Waals surface area contributed by atoms with Crippen LogP contribution in [-0.2, 0) is 32.9 Å². The van der Waals surface area contributed by atoms with Crippen molar-refractivity contribution < 1.29 is 52.9 Å². The Labute approximate surface area is 320 Å². The Morgan fingerprint density at radius 1 is 0.774 bits per heavy atom. The first-order chi connectivity index (χ1) is 25.5. The van der Waals surface area contributed by atoms with Crippen LogP contribution in [0.3, 0.4) is 0 Å². The van der Waals surface area contributed by atoms with Gasteiger partial charge < -0.3 is 29.5 Å². The second-order valence-corrected chi connectivity index (χ2v) is 16.0. The van der Waals surface area contributed by atoms with Crippen molar-refractivity contribution in [3.63, 3.8) is 0 Å². The van der Waals surface area contributed by atoms with Crippen LogP contribution in [0.25, 0.3) is 0 Å². The third-order valence-corrected chi connectivity index (χ3v) is 10.3. The zero-order valence-electron chi connectivity index (χ0n) is 32.9. The summed E-state index contributed by atoms with van der Waals surface area (Å²) >= 11 is 0. The highest BCUT2D eigenvalue weighted by atomic mass is 31.2. The Balaban J connectivity index is 2.29. The van der Waals surface area contributed by atoms with E-state index in [2.05, 4.69) is 18.4 Å². The zero-order chi connectivity index (χ0) is 39.2. The van der Waals surface area contributed by atoms with Crippen molar-refractivity contribution in [2.75, 3.05) is 13.2 Å². The van der Waals surface area contributed by atoms with E-state index < -0.39 is 50.6 Å². The van der Waals surface area contributed by atoms with Gasteiger partial charge in [-0.1, -0.05) is 147 Å². The lowest BCUT2D eigenvalue weighted by Crippen LogP contribution is -2.29. The van der Waals surface area contributed by atoms with Crippen molar-refractivity contribution >= 4 is 25.5 Å². The van der Waals surface area contributed by atoms with E-state index in [4.69, 9.17) is 19.3 Å². The Morgan fingerprint density at radius 3 is 1.91 bits per heavy atom. The van der Waals surface area contributed by atoms with E-state index in [0.717, 1.165) is 38.5 Å². The minimum atomic E-state index is -4.81. The van der Waals surface area contributed by atoms with E-state index in [1.54, 1.807) is 12.2 Å². The summed E-state index contributed by atoms with van der Waals surface area (Å²) in [6, 6.07) is 0. The van der Waals surface area contributed by atoms with Gasteiger partial charge in [-0.2, -0.15) is 0 Å². The summed E-state index contributed by atoms with van der Waals surface area (Å²) in [5, 5.41) is 20.6. The molecule has 12 heteroatoms. The molecule has 0 aromatic heterocycles. The normalized spacial score (nSPS) is 19.0. The van der Waals surface area contributed by atoms with Crippen molar-refractivity contribution in [1.82, 2.24) is 0 Å². The van der Waals surface area contributed by atoms with Gasteiger partial charge in [-0.15, -0.1) is 0 Å². The minimum absolute atomic E-state index is 0.0316. The average molecular weight is 773 g/mol. The molecule has 1 saturated carbocycles. The maximum Gasteiger partial charge on any atom is 0.469 e. The highest BCUT2D eigenvalue weighted by Gasteiger charge is 2.39. The summed E-state index contributed by atoms with van der Waals surface area (Å²) in [7, 11) is -4.81. The topological polar surface area (TPSA) is 177 Å². The predicted molar refractivity (Wildman–Crippen MR) is 208 cm³/mol. The Hall–Kier alpha value is -1.88. The number of aliphatic hydroxyl groups is 2. The van der Waals surface area contributed by atoms with Crippen LogP contribution in [0.1, 0.15) is 174 Å². The van der Waals surface area contributed by atoms with E-state index in [-0.39, 0.29) is 37.6 Å². The van der Waals surface area contributed by atoms with Gasteiger partial charge in [-0.25, -0.2) is 4.57 Å². The first-order valence-corrected chi connectivity index (χ1v) is 22.3. The van der Waals surface area contributed by atoms with Crippen LogP contribution < -0.4 is 0 Å². The van der Waals surface area contributed by atoms with E-state index in [1.807, 2.05) is 12.2 Å². The molecule has 4 N–H and O–H groups in total. The number of ether oxygens (including phenoxy) is 2. The maximum atomic E-state index is 12.4. The van der Waals surface area contributed by atoms with Gasteiger partial charge in [0.15, 0.2) is 6.10 Å². The maximum absolute atomic E-state index is 12.4. The molecule has 0 saturated heterocycles. The van der Waals surface area contributed by atoms with Crippen LogP contribution in [0.15, 0.2) is 24.3 Å². The van der Waals surface area contributed by atoms with Gasteiger partial charge in [0, 0.05) is 31.1 Å². The van der Waals surface area contributed by atoms with Gasteiger partial charge >= 0.3 is 19.8 Å². The number of rotatable bonds is 34. The molecule has 11 nitrogen and oxygen atoms in total. The number of carbonyl (C=O) groups excluding carboxylic acids is 3. The third-order valence-electron chi connectivity index (χ3n) is 9.85. The highest BCUT2D eigenvalue weighted by Crippen LogP contribution is 2.36. The summed E-state index contributed by atoms with van der Waals surface area (Å²) in [5.74, 6) is -1.81. The standard InChI is InChI=1S/C41H73O11P/c1-3-5-7-8-9-10-11-12-13-14-15-16-17-18-24-28-41(46)52-35(33-51-53(47,48)49)32-50-40(45)27-23-20-19-22-26-36-37(39(44)31-38(36)43)30-29-34(42)25-21-6-4-2/h19,22,29-30,34-38,42-43H,3-18,20-21,23-28,31-33H2,1-2H3,(H2,47,48,49)/b22-19-,30-29+/t34-,35+,36+,37+,38-/m0/s1. The minimum Gasteiger partial charge on any atom is -0.462 e. The number of Topliss-reactive ketones (excluding diaryl/α,β-unsaturated/α-hetero) is 1. The smallest absolute Gasteiger partial charge is 0.462 e.